The van der Waals surface area contributed by atoms with Crippen molar-refractivity contribution >= 4 is 11.7 Å². The molecule has 1 aliphatic heterocycles. The lowest BCUT2D eigenvalue weighted by Gasteiger charge is -2.26. The molecule has 1 fully saturated rings. The number of nitrogens with one attached hydrogen (secondary N) is 3. The third kappa shape index (κ3) is 7.38. The van der Waals surface area contributed by atoms with Crippen molar-refractivity contribution in [1.82, 2.24) is 25.8 Å². The van der Waals surface area contributed by atoms with Gasteiger partial charge in [0.25, 0.3) is 0 Å². The highest BCUT2D eigenvalue weighted by molar-refractivity contribution is 5.85. The molecule has 0 saturated carbocycles. The quantitative estimate of drug-likeness (QED) is 0.453. The van der Waals surface area contributed by atoms with Crippen LogP contribution in [0, 0.1) is 0 Å². The minimum absolute atomic E-state index is 0.0905. The Morgan fingerprint density at radius 2 is 1.83 bits per heavy atom. The SMILES string of the molecule is Nc1ccc(CC2CNCCNCCN(Cc3cccc(C(=O)O)n3)CCN2)cc1. The number of carboxylic acids is 1. The van der Waals surface area contributed by atoms with Crippen molar-refractivity contribution in [3.63, 3.8) is 0 Å². The molecule has 0 amide bonds. The van der Waals surface area contributed by atoms with Gasteiger partial charge in [0.15, 0.2) is 0 Å². The maximum absolute atomic E-state index is 11.2. The second-order valence-corrected chi connectivity index (χ2v) is 7.65. The van der Waals surface area contributed by atoms with E-state index in [1.165, 1.54) is 11.6 Å². The van der Waals surface area contributed by atoms with E-state index in [-0.39, 0.29) is 5.69 Å². The van der Waals surface area contributed by atoms with E-state index in [1.807, 2.05) is 18.2 Å². The van der Waals surface area contributed by atoms with Gasteiger partial charge in [-0.2, -0.15) is 0 Å². The summed E-state index contributed by atoms with van der Waals surface area (Å²) < 4.78 is 0. The van der Waals surface area contributed by atoms with E-state index in [2.05, 4.69) is 38.0 Å². The summed E-state index contributed by atoms with van der Waals surface area (Å²) >= 11 is 0. The predicted octanol–water partition coefficient (Wildman–Crippen LogP) is 0.558. The van der Waals surface area contributed by atoms with E-state index < -0.39 is 5.97 Å². The second kappa shape index (κ2) is 11.6. The van der Waals surface area contributed by atoms with Crippen LogP contribution in [0.15, 0.2) is 42.5 Å². The first kappa shape index (κ1) is 22.2. The summed E-state index contributed by atoms with van der Waals surface area (Å²) in [5.74, 6) is -0.994. The summed E-state index contributed by atoms with van der Waals surface area (Å²) in [5.41, 5.74) is 8.72. The molecule has 30 heavy (non-hydrogen) atoms. The van der Waals surface area contributed by atoms with E-state index in [9.17, 15) is 9.90 Å². The van der Waals surface area contributed by atoms with Crippen molar-refractivity contribution < 1.29 is 9.90 Å². The van der Waals surface area contributed by atoms with Gasteiger partial charge in [0.1, 0.15) is 5.69 Å². The lowest BCUT2D eigenvalue weighted by Crippen LogP contribution is -2.47. The van der Waals surface area contributed by atoms with Crippen molar-refractivity contribution in [2.75, 3.05) is 51.5 Å². The highest BCUT2D eigenvalue weighted by Crippen LogP contribution is 2.08. The molecule has 0 radical (unpaired) electrons. The van der Waals surface area contributed by atoms with Crippen LogP contribution >= 0.6 is 0 Å². The fourth-order valence-corrected chi connectivity index (χ4v) is 3.58. The van der Waals surface area contributed by atoms with Gasteiger partial charge < -0.3 is 26.8 Å². The Morgan fingerprint density at radius 3 is 2.63 bits per heavy atom. The van der Waals surface area contributed by atoms with Gasteiger partial charge in [0, 0.05) is 64.1 Å². The Labute approximate surface area is 177 Å². The third-order valence-corrected chi connectivity index (χ3v) is 5.21. The molecule has 162 valence electrons. The number of nitrogens with zero attached hydrogens (tertiary/aromatic N) is 2. The van der Waals surface area contributed by atoms with Gasteiger partial charge in [-0.05, 0) is 36.2 Å². The zero-order chi connectivity index (χ0) is 21.2. The number of hydrogen-bond acceptors (Lipinski definition) is 7. The number of rotatable bonds is 5. The molecule has 1 unspecified atom stereocenters. The van der Waals surface area contributed by atoms with Crippen LogP contribution < -0.4 is 21.7 Å². The van der Waals surface area contributed by atoms with Crippen LogP contribution in [0.4, 0.5) is 5.69 Å². The van der Waals surface area contributed by atoms with E-state index in [4.69, 9.17) is 5.73 Å². The predicted molar refractivity (Wildman–Crippen MR) is 119 cm³/mol. The Bertz CT molecular complexity index is 798. The van der Waals surface area contributed by atoms with Crippen molar-refractivity contribution in [1.29, 1.82) is 0 Å². The molecule has 1 aliphatic rings. The van der Waals surface area contributed by atoms with E-state index in [0.717, 1.165) is 63.6 Å². The Balaban J connectivity index is 1.59. The zero-order valence-corrected chi connectivity index (χ0v) is 17.3. The van der Waals surface area contributed by atoms with Crippen LogP contribution in [0.2, 0.25) is 0 Å². The van der Waals surface area contributed by atoms with Crippen molar-refractivity contribution in [2.24, 2.45) is 0 Å². The summed E-state index contributed by atoms with van der Waals surface area (Å²) in [4.78, 5) is 17.8. The molecular weight excluding hydrogens is 380 g/mol. The Morgan fingerprint density at radius 1 is 1.07 bits per heavy atom. The highest BCUT2D eigenvalue weighted by Gasteiger charge is 2.13. The Hall–Kier alpha value is -2.52. The lowest BCUT2D eigenvalue weighted by atomic mass is 10.1. The molecule has 2 heterocycles. The van der Waals surface area contributed by atoms with Crippen molar-refractivity contribution in [3.05, 3.63) is 59.4 Å². The molecule has 2 aromatic rings. The molecular formula is C22H32N6O2. The lowest BCUT2D eigenvalue weighted by molar-refractivity contribution is 0.0690. The smallest absolute Gasteiger partial charge is 0.354 e. The van der Waals surface area contributed by atoms with Crippen LogP contribution in [-0.2, 0) is 13.0 Å². The molecule has 0 bridgehead atoms. The summed E-state index contributed by atoms with van der Waals surface area (Å²) in [7, 11) is 0. The number of nitrogen functional groups attached to an aromatic ring is 1. The number of carboxylic acid groups (broad SMARTS) is 1. The van der Waals surface area contributed by atoms with Crippen LogP contribution in [0.3, 0.4) is 0 Å². The second-order valence-electron chi connectivity index (χ2n) is 7.65. The standard InChI is InChI=1S/C22H32N6O2/c23-18-6-4-17(5-7-18)14-20-15-25-9-8-24-10-12-28(13-11-26-20)16-19-2-1-3-21(27-19)22(29)30/h1-7,20,24-26H,8-16,23H2,(H,29,30). The number of anilines is 1. The third-order valence-electron chi connectivity index (χ3n) is 5.21. The van der Waals surface area contributed by atoms with Gasteiger partial charge in [-0.15, -0.1) is 0 Å². The fourth-order valence-electron chi connectivity index (χ4n) is 3.58. The van der Waals surface area contributed by atoms with Gasteiger partial charge in [-0.3, -0.25) is 4.90 Å². The topological polar surface area (TPSA) is 116 Å². The number of aromatic nitrogens is 1. The molecule has 8 heteroatoms. The molecule has 0 aliphatic carbocycles. The number of pyridine rings is 1. The minimum Gasteiger partial charge on any atom is -0.477 e. The van der Waals surface area contributed by atoms with Crippen molar-refractivity contribution in [2.45, 2.75) is 19.0 Å². The monoisotopic (exact) mass is 412 g/mol. The molecule has 1 aromatic heterocycles. The van der Waals surface area contributed by atoms with Crippen LogP contribution in [-0.4, -0.2) is 72.8 Å². The van der Waals surface area contributed by atoms with E-state index in [1.54, 1.807) is 6.07 Å². The average Bonchev–Trinajstić information content (AvgIpc) is 2.73. The van der Waals surface area contributed by atoms with Crippen LogP contribution in [0.1, 0.15) is 21.7 Å². The fraction of sp³-hybridized carbons (Fsp3) is 0.455. The number of hydrogen-bond donors (Lipinski definition) is 5. The molecule has 1 saturated heterocycles. The number of aromatic carboxylic acids is 1. The van der Waals surface area contributed by atoms with Gasteiger partial charge >= 0.3 is 5.97 Å². The molecule has 6 N–H and O–H groups in total. The zero-order valence-electron chi connectivity index (χ0n) is 17.3. The van der Waals surface area contributed by atoms with Gasteiger partial charge in [0.2, 0.25) is 0 Å². The number of carbonyl (C=O) groups is 1. The molecule has 1 aromatic carbocycles. The van der Waals surface area contributed by atoms with Crippen molar-refractivity contribution in [3.8, 4) is 0 Å². The first-order valence-corrected chi connectivity index (χ1v) is 10.5. The molecule has 8 nitrogen and oxygen atoms in total. The van der Waals surface area contributed by atoms with Gasteiger partial charge in [-0.1, -0.05) is 18.2 Å². The molecule has 3 rings (SSSR count). The average molecular weight is 413 g/mol. The summed E-state index contributed by atoms with van der Waals surface area (Å²) in [6, 6.07) is 13.6. The molecule has 0 spiro atoms. The normalized spacial score (nSPS) is 19.5. The van der Waals surface area contributed by atoms with Gasteiger partial charge in [0.05, 0.1) is 5.69 Å². The van der Waals surface area contributed by atoms with E-state index in [0.29, 0.717) is 12.6 Å². The van der Waals surface area contributed by atoms with Crippen LogP contribution in [0.25, 0.3) is 0 Å². The van der Waals surface area contributed by atoms with E-state index >= 15 is 0 Å². The summed E-state index contributed by atoms with van der Waals surface area (Å²) in [6.07, 6.45) is 0.933. The summed E-state index contributed by atoms with van der Waals surface area (Å²) in [6.45, 7) is 6.83. The molecule has 1 atom stereocenters. The first-order chi connectivity index (χ1) is 14.6. The van der Waals surface area contributed by atoms with Gasteiger partial charge in [-0.25, -0.2) is 9.78 Å². The largest absolute Gasteiger partial charge is 0.477 e. The number of benzene rings is 1. The number of nitrogens with two attached hydrogens (primary N) is 1. The minimum atomic E-state index is -0.994. The highest BCUT2D eigenvalue weighted by atomic mass is 16.4. The van der Waals surface area contributed by atoms with Crippen LogP contribution in [0.5, 0.6) is 0 Å². The maximum atomic E-state index is 11.2. The Kier molecular flexibility index (Phi) is 8.58. The first-order valence-electron chi connectivity index (χ1n) is 10.5. The summed E-state index contributed by atoms with van der Waals surface area (Å²) in [5, 5.41) is 19.8. The maximum Gasteiger partial charge on any atom is 0.354 e.